The van der Waals surface area contributed by atoms with E-state index in [0.29, 0.717) is 18.5 Å². The van der Waals surface area contributed by atoms with Crippen LogP contribution >= 0.6 is 0 Å². The van der Waals surface area contributed by atoms with E-state index in [1.54, 1.807) is 0 Å². The Morgan fingerprint density at radius 2 is 2.43 bits per heavy atom. The van der Waals surface area contributed by atoms with Crippen molar-refractivity contribution in [1.29, 1.82) is 5.26 Å². The van der Waals surface area contributed by atoms with Crippen molar-refractivity contribution in [1.82, 2.24) is 9.97 Å². The van der Waals surface area contributed by atoms with Gasteiger partial charge in [0.25, 0.3) is 0 Å². The molecular weight excluding hydrogens is 180 g/mol. The van der Waals surface area contributed by atoms with Gasteiger partial charge in [0, 0.05) is 6.42 Å². The third kappa shape index (κ3) is 2.52. The van der Waals surface area contributed by atoms with Crippen LogP contribution in [0.15, 0.2) is 6.20 Å². The molecule has 0 saturated heterocycles. The van der Waals surface area contributed by atoms with Gasteiger partial charge < -0.3 is 10.5 Å². The molecule has 0 aliphatic rings. The van der Waals surface area contributed by atoms with Gasteiger partial charge in [-0.1, -0.05) is 0 Å². The van der Waals surface area contributed by atoms with E-state index in [0.717, 1.165) is 0 Å². The molecule has 5 heteroatoms. The molecule has 14 heavy (non-hydrogen) atoms. The van der Waals surface area contributed by atoms with Gasteiger partial charge in [0.1, 0.15) is 11.9 Å². The highest BCUT2D eigenvalue weighted by atomic mass is 16.1. The predicted molar refractivity (Wildman–Crippen MR) is 50.2 cm³/mol. The molecule has 0 saturated carbocycles. The highest BCUT2D eigenvalue weighted by Crippen LogP contribution is 2.06. The molecule has 1 aromatic heterocycles. The highest BCUT2D eigenvalue weighted by molar-refractivity contribution is 5.75. The first-order chi connectivity index (χ1) is 6.63. The zero-order valence-corrected chi connectivity index (χ0v) is 7.82. The number of ketones is 1. The summed E-state index contributed by atoms with van der Waals surface area (Å²) in [4.78, 5) is 18.5. The summed E-state index contributed by atoms with van der Waals surface area (Å²) in [5.41, 5.74) is 6.13. The van der Waals surface area contributed by atoms with Gasteiger partial charge in [-0.15, -0.1) is 0 Å². The lowest BCUT2D eigenvalue weighted by molar-refractivity contribution is -0.116. The van der Waals surface area contributed by atoms with Crippen molar-refractivity contribution in [3.05, 3.63) is 17.6 Å². The van der Waals surface area contributed by atoms with Crippen molar-refractivity contribution in [3.8, 4) is 6.07 Å². The fraction of sp³-hybridized carbons (Fsp3) is 0.333. The third-order valence-electron chi connectivity index (χ3n) is 1.69. The molecule has 0 aliphatic carbocycles. The third-order valence-corrected chi connectivity index (χ3v) is 1.69. The highest BCUT2D eigenvalue weighted by Gasteiger charge is 2.04. The molecule has 0 radical (unpaired) electrons. The summed E-state index contributed by atoms with van der Waals surface area (Å²) < 4.78 is 0. The van der Waals surface area contributed by atoms with Crippen LogP contribution in [0, 0.1) is 11.3 Å². The first-order valence-electron chi connectivity index (χ1n) is 4.14. The summed E-state index contributed by atoms with van der Waals surface area (Å²) in [6.45, 7) is 1.51. The number of anilines is 1. The zero-order chi connectivity index (χ0) is 10.6. The van der Waals surface area contributed by atoms with Gasteiger partial charge in [-0.2, -0.15) is 5.26 Å². The molecule has 0 aromatic carbocycles. The minimum atomic E-state index is 0.0853. The van der Waals surface area contributed by atoms with Gasteiger partial charge in [0.15, 0.2) is 11.5 Å². The largest absolute Gasteiger partial charge is 0.381 e. The van der Waals surface area contributed by atoms with E-state index in [1.165, 1.54) is 13.1 Å². The standard InChI is InChI=1S/C9H10N4O/c1-6(14)2-3-7-5-12-9(11)8(4-10)13-7/h5H,2-3H2,1H3,(H2,11,12). The Morgan fingerprint density at radius 1 is 1.71 bits per heavy atom. The molecule has 0 aliphatic heterocycles. The number of rotatable bonds is 3. The molecule has 2 N–H and O–H groups in total. The summed E-state index contributed by atoms with van der Waals surface area (Å²) in [7, 11) is 0. The van der Waals surface area contributed by atoms with Crippen molar-refractivity contribution in [2.75, 3.05) is 5.73 Å². The van der Waals surface area contributed by atoms with Crippen LogP contribution in [-0.2, 0) is 11.2 Å². The minimum absolute atomic E-state index is 0.0853. The molecule has 1 aromatic rings. The quantitative estimate of drug-likeness (QED) is 0.747. The van der Waals surface area contributed by atoms with E-state index >= 15 is 0 Å². The van der Waals surface area contributed by atoms with Crippen molar-refractivity contribution in [2.45, 2.75) is 19.8 Å². The lowest BCUT2D eigenvalue weighted by atomic mass is 10.2. The fourth-order valence-electron chi connectivity index (χ4n) is 0.942. The molecule has 0 unspecified atom stereocenters. The van der Waals surface area contributed by atoms with Crippen molar-refractivity contribution in [2.24, 2.45) is 0 Å². The summed E-state index contributed by atoms with van der Waals surface area (Å²) in [5.74, 6) is 0.209. The van der Waals surface area contributed by atoms with E-state index < -0.39 is 0 Å². The van der Waals surface area contributed by atoms with Crippen LogP contribution in [0.2, 0.25) is 0 Å². The van der Waals surface area contributed by atoms with Crippen LogP contribution in [0.4, 0.5) is 5.82 Å². The van der Waals surface area contributed by atoms with Crippen LogP contribution in [0.25, 0.3) is 0 Å². The summed E-state index contributed by atoms with van der Waals surface area (Å²) in [5, 5.41) is 8.62. The van der Waals surface area contributed by atoms with Gasteiger partial charge in [0.05, 0.1) is 11.9 Å². The second-order valence-electron chi connectivity index (χ2n) is 2.91. The number of hydrogen-bond acceptors (Lipinski definition) is 5. The molecular formula is C9H10N4O. The molecule has 0 bridgehead atoms. The maximum atomic E-state index is 10.7. The van der Waals surface area contributed by atoms with Crippen molar-refractivity contribution >= 4 is 11.6 Å². The number of carbonyl (C=O) groups excluding carboxylic acids is 1. The molecule has 0 amide bonds. The summed E-state index contributed by atoms with van der Waals surface area (Å²) in [6, 6.07) is 1.84. The van der Waals surface area contributed by atoms with Crippen LogP contribution < -0.4 is 5.73 Å². The van der Waals surface area contributed by atoms with Crippen LogP contribution in [0.3, 0.4) is 0 Å². The fourth-order valence-corrected chi connectivity index (χ4v) is 0.942. The zero-order valence-electron chi connectivity index (χ0n) is 7.82. The van der Waals surface area contributed by atoms with Gasteiger partial charge in [-0.05, 0) is 13.3 Å². The van der Waals surface area contributed by atoms with E-state index in [9.17, 15) is 4.79 Å². The van der Waals surface area contributed by atoms with Crippen LogP contribution in [0.5, 0.6) is 0 Å². The Bertz CT molecular complexity index is 394. The Balaban J connectivity index is 2.80. The van der Waals surface area contributed by atoms with Crippen molar-refractivity contribution in [3.63, 3.8) is 0 Å². The van der Waals surface area contributed by atoms with E-state index in [4.69, 9.17) is 11.0 Å². The minimum Gasteiger partial charge on any atom is -0.381 e. The normalized spacial score (nSPS) is 9.43. The van der Waals surface area contributed by atoms with E-state index in [1.807, 2.05) is 6.07 Å². The number of nitrogens with zero attached hydrogens (tertiary/aromatic N) is 3. The van der Waals surface area contributed by atoms with E-state index in [2.05, 4.69) is 9.97 Å². The van der Waals surface area contributed by atoms with Gasteiger partial charge in [-0.25, -0.2) is 9.97 Å². The smallest absolute Gasteiger partial charge is 0.183 e. The first-order valence-corrected chi connectivity index (χ1v) is 4.14. The Kier molecular flexibility index (Phi) is 3.13. The second-order valence-corrected chi connectivity index (χ2v) is 2.91. The maximum Gasteiger partial charge on any atom is 0.183 e. The average Bonchev–Trinajstić information content (AvgIpc) is 2.16. The SMILES string of the molecule is CC(=O)CCc1cnc(N)c(C#N)n1. The number of carbonyl (C=O) groups is 1. The first kappa shape index (κ1) is 10.1. The van der Waals surface area contributed by atoms with Gasteiger partial charge in [-0.3, -0.25) is 0 Å². The molecule has 1 rings (SSSR count). The lowest BCUT2D eigenvalue weighted by Gasteiger charge is -1.99. The van der Waals surface area contributed by atoms with Gasteiger partial charge in [0.2, 0.25) is 0 Å². The Hall–Kier alpha value is -1.96. The summed E-state index contributed by atoms with van der Waals surface area (Å²) in [6.07, 6.45) is 2.39. The number of Topliss-reactive ketones (excluding diaryl/α,β-unsaturated/α-hetero) is 1. The average molecular weight is 190 g/mol. The van der Waals surface area contributed by atoms with Gasteiger partial charge >= 0.3 is 0 Å². The molecule has 0 fully saturated rings. The number of nitrogens with two attached hydrogens (primary N) is 1. The van der Waals surface area contributed by atoms with Crippen LogP contribution in [0.1, 0.15) is 24.7 Å². The Morgan fingerprint density at radius 3 is 3.00 bits per heavy atom. The van der Waals surface area contributed by atoms with E-state index in [-0.39, 0.29) is 17.3 Å². The second kappa shape index (κ2) is 4.33. The maximum absolute atomic E-state index is 10.7. The number of aromatic nitrogens is 2. The lowest BCUT2D eigenvalue weighted by Crippen LogP contribution is -2.03. The molecule has 5 nitrogen and oxygen atoms in total. The predicted octanol–water partition coefficient (Wildman–Crippen LogP) is 0.452. The topological polar surface area (TPSA) is 92.7 Å². The molecule has 1 heterocycles. The molecule has 0 atom stereocenters. The number of nitriles is 1. The Labute approximate surface area is 81.6 Å². The summed E-state index contributed by atoms with van der Waals surface area (Å²) >= 11 is 0. The number of hydrogen-bond donors (Lipinski definition) is 1. The number of nitrogen functional groups attached to an aromatic ring is 1. The van der Waals surface area contributed by atoms with Crippen LogP contribution in [-0.4, -0.2) is 15.8 Å². The van der Waals surface area contributed by atoms with Crippen molar-refractivity contribution < 1.29 is 4.79 Å². The monoisotopic (exact) mass is 190 g/mol. The number of aryl methyl sites for hydroxylation is 1. The molecule has 72 valence electrons. The molecule has 0 spiro atoms.